The maximum atomic E-state index is 14.3. The van der Waals surface area contributed by atoms with E-state index in [1.807, 2.05) is 66.7 Å². The summed E-state index contributed by atoms with van der Waals surface area (Å²) in [5.41, 5.74) is 1.13. The van der Waals surface area contributed by atoms with Crippen LogP contribution in [0.4, 0.5) is 5.69 Å². The van der Waals surface area contributed by atoms with Crippen LogP contribution >= 0.6 is 0 Å². The van der Waals surface area contributed by atoms with E-state index < -0.39 is 53.7 Å². The zero-order valence-electron chi connectivity index (χ0n) is 26.4. The fraction of sp³-hybridized carbons (Fsp3) is 0.316. The molecule has 11 heteroatoms. The number of aromatic hydroxyl groups is 1. The van der Waals surface area contributed by atoms with E-state index in [9.17, 15) is 40.2 Å². The Labute approximate surface area is 282 Å². The topological polar surface area (TPSA) is 177 Å². The van der Waals surface area contributed by atoms with Gasteiger partial charge in [0.25, 0.3) is 0 Å². The quantitative estimate of drug-likeness (QED) is 0.159. The number of nitrogens with zero attached hydrogens (tertiary/aromatic N) is 1. The highest BCUT2D eigenvalue weighted by molar-refractivity contribution is 6.06. The standard InChI is InChI=1S/C38H37NO10/c40-26-13-7-8-22(20-26)23-14-15-27(28(21-23)48-35-31(43)29(41)30(42)32(49-35)34(44)45)33-37(36(46)39(33)25-11-5-2-6-12-25)16-18-38(47,19-17-37)24-9-3-1-4-10-24/h1-15,20-21,29-33,35,40-43,47H,16-19H2,(H,44,45)/t29-,30-,31?,32?,33+,35+,37?,38?/m0/s1. The molecule has 0 radical (unpaired) electrons. The van der Waals surface area contributed by atoms with E-state index in [4.69, 9.17) is 9.47 Å². The molecule has 7 rings (SSSR count). The Balaban J connectivity index is 1.33. The molecule has 11 nitrogen and oxygen atoms in total. The lowest BCUT2D eigenvalue weighted by Gasteiger charge is -2.59. The Morgan fingerprint density at radius 3 is 2.08 bits per heavy atom. The maximum absolute atomic E-state index is 14.3. The molecule has 49 heavy (non-hydrogen) atoms. The van der Waals surface area contributed by atoms with Crippen LogP contribution in [-0.4, -0.2) is 73.2 Å². The molecule has 1 amide bonds. The average molecular weight is 668 g/mol. The van der Waals surface area contributed by atoms with E-state index in [0.717, 1.165) is 5.56 Å². The number of phenols is 1. The maximum Gasteiger partial charge on any atom is 0.335 e. The molecule has 3 fully saturated rings. The Kier molecular flexibility index (Phi) is 8.42. The zero-order chi connectivity index (χ0) is 34.5. The van der Waals surface area contributed by atoms with Crippen LogP contribution in [0.3, 0.4) is 0 Å². The Hall–Kier alpha value is -4.78. The van der Waals surface area contributed by atoms with Crippen LogP contribution in [0.2, 0.25) is 0 Å². The van der Waals surface area contributed by atoms with Crippen LogP contribution in [-0.2, 0) is 19.9 Å². The van der Waals surface area contributed by atoms with E-state index in [1.165, 1.54) is 6.07 Å². The minimum Gasteiger partial charge on any atom is -0.508 e. The molecule has 0 aromatic heterocycles. The van der Waals surface area contributed by atoms with Gasteiger partial charge in [-0.25, -0.2) is 4.79 Å². The first-order valence-electron chi connectivity index (χ1n) is 16.2. The number of para-hydroxylation sites is 1. The van der Waals surface area contributed by atoms with Crippen molar-refractivity contribution in [3.63, 3.8) is 0 Å². The third kappa shape index (κ3) is 5.63. The van der Waals surface area contributed by atoms with Crippen molar-refractivity contribution >= 4 is 17.6 Å². The molecule has 254 valence electrons. The molecule has 6 atom stereocenters. The molecule has 4 aromatic rings. The third-order valence-corrected chi connectivity index (χ3v) is 10.3. The Morgan fingerprint density at radius 1 is 0.776 bits per heavy atom. The molecule has 3 aliphatic rings. The summed E-state index contributed by atoms with van der Waals surface area (Å²) in [5.74, 6) is -1.49. The summed E-state index contributed by atoms with van der Waals surface area (Å²) in [6, 6.07) is 29.7. The minimum atomic E-state index is -1.91. The van der Waals surface area contributed by atoms with E-state index in [2.05, 4.69) is 0 Å². The van der Waals surface area contributed by atoms with Crippen molar-refractivity contribution < 1.29 is 49.7 Å². The van der Waals surface area contributed by atoms with Gasteiger partial charge in [0.15, 0.2) is 6.10 Å². The molecular weight excluding hydrogens is 630 g/mol. The summed E-state index contributed by atoms with van der Waals surface area (Å²) >= 11 is 0. The van der Waals surface area contributed by atoms with Crippen molar-refractivity contribution in [1.29, 1.82) is 0 Å². The highest BCUT2D eigenvalue weighted by Gasteiger charge is 2.64. The first-order chi connectivity index (χ1) is 23.5. The number of carboxylic acids is 1. The number of aliphatic hydroxyl groups excluding tert-OH is 3. The van der Waals surface area contributed by atoms with Crippen molar-refractivity contribution in [3.8, 4) is 22.6 Å². The van der Waals surface area contributed by atoms with Gasteiger partial charge >= 0.3 is 5.97 Å². The fourth-order valence-electron chi connectivity index (χ4n) is 7.58. The number of rotatable bonds is 7. The van der Waals surface area contributed by atoms with Gasteiger partial charge in [-0.15, -0.1) is 0 Å². The monoisotopic (exact) mass is 667 g/mol. The zero-order valence-corrected chi connectivity index (χ0v) is 26.4. The molecule has 0 bridgehead atoms. The van der Waals surface area contributed by atoms with Gasteiger partial charge < -0.3 is 45.0 Å². The normalized spacial score (nSPS) is 31.3. The number of hydrogen-bond donors (Lipinski definition) is 6. The predicted octanol–water partition coefficient (Wildman–Crippen LogP) is 3.87. The molecule has 1 saturated carbocycles. The summed E-state index contributed by atoms with van der Waals surface area (Å²) < 4.78 is 11.8. The van der Waals surface area contributed by atoms with E-state index in [0.29, 0.717) is 48.1 Å². The largest absolute Gasteiger partial charge is 0.508 e. The number of ether oxygens (including phenoxy) is 2. The van der Waals surface area contributed by atoms with Gasteiger partial charge in [-0.3, -0.25) is 4.79 Å². The number of aliphatic carboxylic acids is 1. The van der Waals surface area contributed by atoms with Crippen LogP contribution in [0, 0.1) is 5.41 Å². The van der Waals surface area contributed by atoms with Crippen molar-refractivity contribution in [2.75, 3.05) is 4.90 Å². The number of carbonyl (C=O) groups is 2. The molecule has 4 aromatic carbocycles. The van der Waals surface area contributed by atoms with Crippen LogP contribution in [0.25, 0.3) is 11.1 Å². The van der Waals surface area contributed by atoms with Gasteiger partial charge in [-0.05, 0) is 72.7 Å². The highest BCUT2D eigenvalue weighted by atomic mass is 16.7. The van der Waals surface area contributed by atoms with Crippen LogP contribution in [0.5, 0.6) is 11.5 Å². The van der Waals surface area contributed by atoms with Gasteiger partial charge in [-0.2, -0.15) is 0 Å². The Morgan fingerprint density at radius 2 is 1.43 bits per heavy atom. The van der Waals surface area contributed by atoms with Gasteiger partial charge in [0.2, 0.25) is 12.2 Å². The van der Waals surface area contributed by atoms with Gasteiger partial charge in [-0.1, -0.05) is 72.8 Å². The summed E-state index contributed by atoms with van der Waals surface area (Å²) in [5, 5.41) is 63.3. The molecular formula is C38H37NO10. The molecule has 1 aliphatic carbocycles. The van der Waals surface area contributed by atoms with Gasteiger partial charge in [0, 0.05) is 11.3 Å². The van der Waals surface area contributed by atoms with Crippen molar-refractivity contribution in [3.05, 3.63) is 114 Å². The third-order valence-electron chi connectivity index (χ3n) is 10.3. The van der Waals surface area contributed by atoms with Crippen molar-refractivity contribution in [1.82, 2.24) is 0 Å². The first kappa shape index (κ1) is 32.8. The number of phenolic OH excluding ortho intramolecular Hbond substituents is 1. The van der Waals surface area contributed by atoms with Gasteiger partial charge in [0.1, 0.15) is 29.8 Å². The number of amides is 1. The summed E-state index contributed by atoms with van der Waals surface area (Å²) in [7, 11) is 0. The summed E-state index contributed by atoms with van der Waals surface area (Å²) in [4.78, 5) is 27.9. The van der Waals surface area contributed by atoms with E-state index in [-0.39, 0.29) is 17.4 Å². The molecule has 2 aliphatic heterocycles. The number of hydrogen-bond acceptors (Lipinski definition) is 9. The second-order valence-electron chi connectivity index (χ2n) is 13.1. The minimum absolute atomic E-state index is 0.0309. The summed E-state index contributed by atoms with van der Waals surface area (Å²) in [6.07, 6.45) is -7.83. The number of benzene rings is 4. The SMILES string of the molecule is O=C(O)C1O[C@@H](Oc2cc(-c3cccc(O)c3)ccc2[C@H]2N(c3ccccc3)C(=O)C23CCC(O)(c2ccccc2)CC3)C(O)[C@@H](O)[C@@H]1O. The highest BCUT2D eigenvalue weighted by Crippen LogP contribution is 2.62. The van der Waals surface area contributed by atoms with Crippen LogP contribution in [0.15, 0.2) is 103 Å². The smallest absolute Gasteiger partial charge is 0.335 e. The molecule has 2 unspecified atom stereocenters. The summed E-state index contributed by atoms with van der Waals surface area (Å²) in [6.45, 7) is 0. The number of carboxylic acid groups (broad SMARTS) is 1. The molecule has 2 saturated heterocycles. The second-order valence-corrected chi connectivity index (χ2v) is 13.1. The molecule has 1 spiro atoms. The van der Waals surface area contributed by atoms with Crippen molar-refractivity contribution in [2.24, 2.45) is 5.41 Å². The van der Waals surface area contributed by atoms with Crippen molar-refractivity contribution in [2.45, 2.75) is 68.0 Å². The lowest BCUT2D eigenvalue weighted by atomic mass is 9.56. The number of aliphatic hydroxyl groups is 4. The van der Waals surface area contributed by atoms with Gasteiger partial charge in [0.05, 0.1) is 17.1 Å². The average Bonchev–Trinajstić information content (AvgIpc) is 3.11. The lowest BCUT2D eigenvalue weighted by Crippen LogP contribution is -2.65. The second kappa shape index (κ2) is 12.6. The van der Waals surface area contributed by atoms with Crippen LogP contribution in [0.1, 0.15) is 42.9 Å². The van der Waals surface area contributed by atoms with Crippen LogP contribution < -0.4 is 9.64 Å². The molecule has 6 N–H and O–H groups in total. The van der Waals surface area contributed by atoms with E-state index in [1.54, 1.807) is 35.2 Å². The van der Waals surface area contributed by atoms with E-state index >= 15 is 0 Å². The number of β-lactam (4-membered cyclic amide) rings is 1. The number of carbonyl (C=O) groups excluding carboxylic acids is 1. The number of anilines is 1. The predicted molar refractivity (Wildman–Crippen MR) is 176 cm³/mol. The lowest BCUT2D eigenvalue weighted by molar-refractivity contribution is -0.271. The molecule has 2 heterocycles. The first-order valence-corrected chi connectivity index (χ1v) is 16.2. The fourth-order valence-corrected chi connectivity index (χ4v) is 7.58. The Bertz CT molecular complexity index is 1840.